The number of carbonyl (C=O) groups excluding carboxylic acids is 1. The molecule has 0 amide bonds. The Hall–Kier alpha value is -1.28. The van der Waals surface area contributed by atoms with Crippen molar-refractivity contribution in [3.63, 3.8) is 0 Å². The number of esters is 1. The second-order valence-corrected chi connectivity index (χ2v) is 18.2. The summed E-state index contributed by atoms with van der Waals surface area (Å²) in [4.78, 5) is 25.1. The molecule has 0 aliphatic carbocycles. The number of nitrogens with zero attached hydrogens (tertiary/aromatic N) is 1. The molecule has 8 nitrogen and oxygen atoms in total. The summed E-state index contributed by atoms with van der Waals surface area (Å²) in [6, 6.07) is 0. The lowest BCUT2D eigenvalue weighted by molar-refractivity contribution is -0.870. The molecule has 0 saturated carbocycles. The van der Waals surface area contributed by atoms with E-state index < -0.39 is 13.9 Å². The average Bonchev–Trinajstić information content (AvgIpc) is 3.15. The van der Waals surface area contributed by atoms with Gasteiger partial charge in [0.25, 0.3) is 7.82 Å². The van der Waals surface area contributed by atoms with Crippen molar-refractivity contribution >= 4 is 13.8 Å². The quantitative estimate of drug-likeness (QED) is 0.0199. The van der Waals surface area contributed by atoms with Crippen LogP contribution in [0.2, 0.25) is 0 Å². The molecule has 0 aliphatic rings. The highest BCUT2D eigenvalue weighted by Crippen LogP contribution is 2.38. The fourth-order valence-electron chi connectivity index (χ4n) is 6.28. The molecule has 0 heterocycles. The second kappa shape index (κ2) is 40.5. The van der Waals surface area contributed by atoms with Crippen LogP contribution < -0.4 is 4.89 Å². The van der Waals surface area contributed by atoms with Crippen molar-refractivity contribution in [2.75, 3.05) is 54.1 Å². The predicted octanol–water partition coefficient (Wildman–Crippen LogP) is 13.1. The molecule has 0 bridgehead atoms. The first-order chi connectivity index (χ1) is 27.1. The highest BCUT2D eigenvalue weighted by Gasteiger charge is 2.20. The van der Waals surface area contributed by atoms with E-state index in [2.05, 4.69) is 50.3 Å². The van der Waals surface area contributed by atoms with Crippen molar-refractivity contribution < 1.29 is 37.3 Å². The molecular formula is C47H90NO7P. The van der Waals surface area contributed by atoms with Gasteiger partial charge < -0.3 is 27.9 Å². The van der Waals surface area contributed by atoms with Gasteiger partial charge in [-0.05, 0) is 70.6 Å². The molecule has 9 heteroatoms. The van der Waals surface area contributed by atoms with Crippen LogP contribution in [0.1, 0.15) is 200 Å². The molecule has 0 spiro atoms. The summed E-state index contributed by atoms with van der Waals surface area (Å²) in [5, 5.41) is 0. The Bertz CT molecular complexity index is 994. The standard InChI is InChI=1S/C47H90NO7P/c1-6-8-10-12-14-16-18-20-22-23-24-25-26-28-30-32-34-36-38-40-47(49)55-46(45-54-56(50,51)53-43-41-48(3,4)5)44-52-42-39-37-35-33-31-29-27-21-19-17-15-13-11-9-7-2/h14,16,19-22,46H,6-13,15,17-18,23-45H2,1-5H3/b16-14-,21-19-,22-20-. The third-order valence-electron chi connectivity index (χ3n) is 9.91. The Balaban J connectivity index is 4.21. The Morgan fingerprint density at radius 2 is 0.982 bits per heavy atom. The first-order valence-electron chi connectivity index (χ1n) is 23.2. The minimum atomic E-state index is -4.53. The van der Waals surface area contributed by atoms with Gasteiger partial charge in [-0.15, -0.1) is 0 Å². The molecule has 0 aromatic carbocycles. The van der Waals surface area contributed by atoms with E-state index in [1.165, 1.54) is 141 Å². The van der Waals surface area contributed by atoms with Gasteiger partial charge in [-0.2, -0.15) is 0 Å². The van der Waals surface area contributed by atoms with E-state index in [0.29, 0.717) is 24.1 Å². The molecule has 0 N–H and O–H groups in total. The molecular weight excluding hydrogens is 721 g/mol. The van der Waals surface area contributed by atoms with Gasteiger partial charge in [0, 0.05) is 13.0 Å². The third kappa shape index (κ3) is 43.8. The van der Waals surface area contributed by atoms with Crippen molar-refractivity contribution in [1.82, 2.24) is 0 Å². The summed E-state index contributed by atoms with van der Waals surface area (Å²) in [7, 11) is 1.35. The van der Waals surface area contributed by atoms with Crippen LogP contribution in [0.25, 0.3) is 0 Å². The van der Waals surface area contributed by atoms with Gasteiger partial charge >= 0.3 is 5.97 Å². The van der Waals surface area contributed by atoms with Gasteiger partial charge in [-0.3, -0.25) is 9.36 Å². The van der Waals surface area contributed by atoms with Crippen LogP contribution >= 0.6 is 7.82 Å². The zero-order valence-corrected chi connectivity index (χ0v) is 38.2. The number of unbranched alkanes of at least 4 members (excludes halogenated alkanes) is 23. The summed E-state index contributed by atoms with van der Waals surface area (Å²) in [6.07, 6.45) is 47.2. The highest BCUT2D eigenvalue weighted by molar-refractivity contribution is 7.45. The van der Waals surface area contributed by atoms with Gasteiger partial charge in [-0.25, -0.2) is 0 Å². The van der Waals surface area contributed by atoms with E-state index in [1.807, 2.05) is 21.1 Å². The van der Waals surface area contributed by atoms with Crippen molar-refractivity contribution in [3.8, 4) is 0 Å². The number of ether oxygens (including phenoxy) is 2. The molecule has 0 aromatic heterocycles. The summed E-state index contributed by atoms with van der Waals surface area (Å²) in [5.41, 5.74) is 0. The summed E-state index contributed by atoms with van der Waals surface area (Å²) >= 11 is 0. The molecule has 330 valence electrons. The molecule has 0 radical (unpaired) electrons. The number of rotatable bonds is 43. The fourth-order valence-corrected chi connectivity index (χ4v) is 7.01. The minimum Gasteiger partial charge on any atom is -0.756 e. The van der Waals surface area contributed by atoms with Gasteiger partial charge in [0.1, 0.15) is 19.3 Å². The number of carbonyl (C=O) groups is 1. The van der Waals surface area contributed by atoms with Crippen LogP contribution in [0, 0.1) is 0 Å². The Morgan fingerprint density at radius 3 is 1.50 bits per heavy atom. The van der Waals surface area contributed by atoms with Crippen LogP contribution in [0.3, 0.4) is 0 Å². The lowest BCUT2D eigenvalue weighted by atomic mass is 10.1. The number of phosphoric acid groups is 1. The van der Waals surface area contributed by atoms with Gasteiger partial charge in [0.15, 0.2) is 0 Å². The Labute approximate surface area is 346 Å². The maximum atomic E-state index is 12.7. The maximum absolute atomic E-state index is 12.7. The minimum absolute atomic E-state index is 0.0241. The predicted molar refractivity (Wildman–Crippen MR) is 236 cm³/mol. The number of hydrogen-bond acceptors (Lipinski definition) is 7. The topological polar surface area (TPSA) is 94.1 Å². The third-order valence-corrected chi connectivity index (χ3v) is 10.9. The Kier molecular flexibility index (Phi) is 39.6. The van der Waals surface area contributed by atoms with Crippen LogP contribution in [-0.4, -0.2) is 70.7 Å². The van der Waals surface area contributed by atoms with Crippen molar-refractivity contribution in [2.45, 2.75) is 206 Å². The molecule has 0 rings (SSSR count). The van der Waals surface area contributed by atoms with Crippen LogP contribution in [0.5, 0.6) is 0 Å². The van der Waals surface area contributed by atoms with E-state index in [0.717, 1.165) is 38.5 Å². The van der Waals surface area contributed by atoms with Gasteiger partial charge in [0.2, 0.25) is 0 Å². The van der Waals surface area contributed by atoms with E-state index in [9.17, 15) is 14.3 Å². The zero-order valence-electron chi connectivity index (χ0n) is 37.3. The molecule has 2 atom stereocenters. The zero-order chi connectivity index (χ0) is 41.3. The lowest BCUT2D eigenvalue weighted by Crippen LogP contribution is -2.37. The molecule has 2 unspecified atom stereocenters. The number of quaternary nitrogens is 1. The molecule has 0 fully saturated rings. The first kappa shape index (κ1) is 54.7. The van der Waals surface area contributed by atoms with Crippen LogP contribution in [-0.2, 0) is 27.9 Å². The normalized spacial score (nSPS) is 14.0. The van der Waals surface area contributed by atoms with Crippen molar-refractivity contribution in [2.24, 2.45) is 0 Å². The second-order valence-electron chi connectivity index (χ2n) is 16.8. The summed E-state index contributed by atoms with van der Waals surface area (Å²) in [5.74, 6) is -0.340. The van der Waals surface area contributed by atoms with Gasteiger partial charge in [-0.1, -0.05) is 159 Å². The summed E-state index contributed by atoms with van der Waals surface area (Å²) in [6.45, 7) is 5.38. The first-order valence-corrected chi connectivity index (χ1v) is 24.7. The van der Waals surface area contributed by atoms with Crippen LogP contribution in [0.4, 0.5) is 0 Å². The fraction of sp³-hybridized carbons (Fsp3) is 0.851. The number of likely N-dealkylation sites (N-methyl/N-ethyl adjacent to an activating group) is 1. The molecule has 0 aromatic rings. The highest BCUT2D eigenvalue weighted by atomic mass is 31.2. The van der Waals surface area contributed by atoms with Crippen LogP contribution in [0.15, 0.2) is 36.5 Å². The van der Waals surface area contributed by atoms with E-state index in [4.69, 9.17) is 18.5 Å². The number of phosphoric ester groups is 1. The molecule has 56 heavy (non-hydrogen) atoms. The molecule has 0 aliphatic heterocycles. The smallest absolute Gasteiger partial charge is 0.306 e. The SMILES string of the molecule is CCCCC/C=C\C/C=C\CCCCCCCCCCCC(=O)OC(COCCCCCCCC/C=C\CCCCCCC)COP(=O)([O-])OCC[N+](C)(C)C. The number of allylic oxidation sites excluding steroid dienone is 6. The van der Waals surface area contributed by atoms with Crippen molar-refractivity contribution in [1.29, 1.82) is 0 Å². The number of hydrogen-bond donors (Lipinski definition) is 0. The van der Waals surface area contributed by atoms with E-state index >= 15 is 0 Å². The van der Waals surface area contributed by atoms with E-state index in [1.54, 1.807) is 0 Å². The van der Waals surface area contributed by atoms with E-state index in [-0.39, 0.29) is 25.8 Å². The molecule has 0 saturated heterocycles. The largest absolute Gasteiger partial charge is 0.756 e. The lowest BCUT2D eigenvalue weighted by Gasteiger charge is -2.28. The van der Waals surface area contributed by atoms with Gasteiger partial charge in [0.05, 0.1) is 34.4 Å². The monoisotopic (exact) mass is 812 g/mol. The maximum Gasteiger partial charge on any atom is 0.306 e. The van der Waals surface area contributed by atoms with Crippen molar-refractivity contribution in [3.05, 3.63) is 36.5 Å². The Morgan fingerprint density at radius 1 is 0.554 bits per heavy atom. The average molecular weight is 812 g/mol. The summed E-state index contributed by atoms with van der Waals surface area (Å²) < 4.78 is 34.6.